The van der Waals surface area contributed by atoms with E-state index < -0.39 is 0 Å². The minimum atomic E-state index is 0.988. The number of nitrogens with one attached hydrogen (secondary N) is 1. The molecule has 1 rings (SSSR count). The van der Waals surface area contributed by atoms with Crippen LogP contribution < -0.4 is 0 Å². The number of hydrogen-bond acceptors (Lipinski definition) is 1. The first kappa shape index (κ1) is 10.4. The summed E-state index contributed by atoms with van der Waals surface area (Å²) in [7, 11) is 0. The first-order valence-corrected chi connectivity index (χ1v) is 5.21. The van der Waals surface area contributed by atoms with E-state index in [9.17, 15) is 0 Å². The second-order valence-electron chi connectivity index (χ2n) is 2.82. The molecule has 0 spiro atoms. The van der Waals surface area contributed by atoms with Crippen molar-refractivity contribution in [3.63, 3.8) is 0 Å². The van der Waals surface area contributed by atoms with Crippen LogP contribution in [0.3, 0.4) is 0 Å². The SMILES string of the molecule is C/C=C(/C)c1c(I)cccc1C=N. The largest absolute Gasteiger partial charge is 0.308 e. The van der Waals surface area contributed by atoms with Crippen molar-refractivity contribution in [3.05, 3.63) is 39.0 Å². The summed E-state index contributed by atoms with van der Waals surface area (Å²) in [5, 5.41) is 7.29. The highest BCUT2D eigenvalue weighted by Crippen LogP contribution is 2.23. The summed E-state index contributed by atoms with van der Waals surface area (Å²) in [6.07, 6.45) is 3.48. The lowest BCUT2D eigenvalue weighted by Gasteiger charge is -2.07. The van der Waals surface area contributed by atoms with Crippen molar-refractivity contribution in [1.82, 2.24) is 0 Å². The van der Waals surface area contributed by atoms with Gasteiger partial charge in [0.2, 0.25) is 0 Å². The molecule has 0 radical (unpaired) electrons. The van der Waals surface area contributed by atoms with Crippen LogP contribution >= 0.6 is 22.6 Å². The Morgan fingerprint density at radius 1 is 1.46 bits per heavy atom. The lowest BCUT2D eigenvalue weighted by Crippen LogP contribution is -1.93. The predicted octanol–water partition coefficient (Wildman–Crippen LogP) is 3.71. The molecule has 1 N–H and O–H groups in total. The first-order chi connectivity index (χ1) is 6.20. The third-order valence-corrected chi connectivity index (χ3v) is 2.93. The molecule has 13 heavy (non-hydrogen) atoms. The zero-order valence-corrected chi connectivity index (χ0v) is 9.92. The maximum absolute atomic E-state index is 7.29. The monoisotopic (exact) mass is 285 g/mol. The molecule has 0 fully saturated rings. The summed E-state index contributed by atoms with van der Waals surface area (Å²) in [6.45, 7) is 4.09. The predicted molar refractivity (Wildman–Crippen MR) is 66.4 cm³/mol. The van der Waals surface area contributed by atoms with Crippen molar-refractivity contribution >= 4 is 34.4 Å². The van der Waals surface area contributed by atoms with Crippen molar-refractivity contribution in [2.24, 2.45) is 0 Å². The van der Waals surface area contributed by atoms with Gasteiger partial charge in [0, 0.05) is 15.3 Å². The van der Waals surface area contributed by atoms with Gasteiger partial charge in [0.25, 0.3) is 0 Å². The van der Waals surface area contributed by atoms with E-state index in [0.717, 1.165) is 5.56 Å². The molecule has 0 atom stereocenters. The van der Waals surface area contributed by atoms with Gasteiger partial charge >= 0.3 is 0 Å². The Bertz CT molecular complexity index is 353. The van der Waals surface area contributed by atoms with Crippen LogP contribution in [0.2, 0.25) is 0 Å². The van der Waals surface area contributed by atoms with Gasteiger partial charge in [0.15, 0.2) is 0 Å². The Morgan fingerprint density at radius 2 is 2.15 bits per heavy atom. The number of halogens is 1. The second kappa shape index (κ2) is 4.56. The number of benzene rings is 1. The fourth-order valence-corrected chi connectivity index (χ4v) is 2.17. The van der Waals surface area contributed by atoms with Crippen molar-refractivity contribution in [1.29, 1.82) is 5.41 Å². The zero-order chi connectivity index (χ0) is 9.84. The Morgan fingerprint density at radius 3 is 2.69 bits per heavy atom. The second-order valence-corrected chi connectivity index (χ2v) is 3.98. The van der Waals surface area contributed by atoms with Crippen molar-refractivity contribution < 1.29 is 0 Å². The van der Waals surface area contributed by atoms with Gasteiger partial charge in [-0.3, -0.25) is 0 Å². The average molecular weight is 285 g/mol. The third kappa shape index (κ3) is 2.18. The lowest BCUT2D eigenvalue weighted by atomic mass is 10.0. The molecular formula is C11H12IN. The highest BCUT2D eigenvalue weighted by atomic mass is 127. The zero-order valence-electron chi connectivity index (χ0n) is 7.76. The summed E-state index contributed by atoms with van der Waals surface area (Å²) in [6, 6.07) is 6.02. The topological polar surface area (TPSA) is 23.9 Å². The fraction of sp³-hybridized carbons (Fsp3) is 0.182. The summed E-state index contributed by atoms with van der Waals surface area (Å²) in [4.78, 5) is 0. The number of rotatable bonds is 2. The normalized spacial score (nSPS) is 11.5. The molecule has 0 aliphatic carbocycles. The number of hydrogen-bond donors (Lipinski definition) is 1. The minimum Gasteiger partial charge on any atom is -0.308 e. The molecule has 0 saturated heterocycles. The standard InChI is InChI=1S/C11H12IN/c1-3-8(2)11-9(7-13)5-4-6-10(11)12/h3-7,13H,1-2H3/b8-3-,13-7?. The maximum Gasteiger partial charge on any atom is 0.0256 e. The molecule has 0 heterocycles. The maximum atomic E-state index is 7.29. The van der Waals surface area contributed by atoms with Gasteiger partial charge in [0.1, 0.15) is 0 Å². The van der Waals surface area contributed by atoms with Crippen LogP contribution in [0.5, 0.6) is 0 Å². The molecule has 0 amide bonds. The van der Waals surface area contributed by atoms with Crippen LogP contribution in [-0.4, -0.2) is 6.21 Å². The van der Waals surface area contributed by atoms with Crippen LogP contribution in [0.4, 0.5) is 0 Å². The molecule has 0 saturated carbocycles. The summed E-state index contributed by atoms with van der Waals surface area (Å²) in [5.74, 6) is 0. The van der Waals surface area contributed by atoms with Gasteiger partial charge in [-0.25, -0.2) is 0 Å². The van der Waals surface area contributed by atoms with E-state index in [1.807, 2.05) is 19.1 Å². The molecule has 0 aliphatic heterocycles. The van der Waals surface area contributed by atoms with Gasteiger partial charge in [-0.15, -0.1) is 0 Å². The van der Waals surface area contributed by atoms with Gasteiger partial charge in [-0.05, 0) is 53.6 Å². The Labute approximate surface area is 92.5 Å². The van der Waals surface area contributed by atoms with E-state index in [1.54, 1.807) is 0 Å². The van der Waals surface area contributed by atoms with Gasteiger partial charge in [-0.1, -0.05) is 18.2 Å². The molecule has 0 bridgehead atoms. The molecule has 0 aliphatic rings. The molecule has 0 unspecified atom stereocenters. The van der Waals surface area contributed by atoms with Crippen LogP contribution in [0, 0.1) is 8.98 Å². The van der Waals surface area contributed by atoms with Crippen LogP contribution in [0.15, 0.2) is 24.3 Å². The van der Waals surface area contributed by atoms with E-state index in [1.165, 1.54) is 20.9 Å². The molecule has 1 nitrogen and oxygen atoms in total. The summed E-state index contributed by atoms with van der Waals surface area (Å²) < 4.78 is 1.20. The Hall–Kier alpha value is -0.640. The van der Waals surface area contributed by atoms with E-state index in [2.05, 4.69) is 41.7 Å². The van der Waals surface area contributed by atoms with Gasteiger partial charge in [-0.2, -0.15) is 0 Å². The van der Waals surface area contributed by atoms with E-state index in [-0.39, 0.29) is 0 Å². The van der Waals surface area contributed by atoms with Crippen molar-refractivity contribution in [2.75, 3.05) is 0 Å². The molecule has 1 aromatic carbocycles. The van der Waals surface area contributed by atoms with Crippen LogP contribution in [0.1, 0.15) is 25.0 Å². The van der Waals surface area contributed by atoms with E-state index in [0.29, 0.717) is 0 Å². The highest BCUT2D eigenvalue weighted by molar-refractivity contribution is 14.1. The van der Waals surface area contributed by atoms with E-state index >= 15 is 0 Å². The quantitative estimate of drug-likeness (QED) is 0.632. The van der Waals surface area contributed by atoms with Gasteiger partial charge < -0.3 is 5.41 Å². The van der Waals surface area contributed by atoms with Crippen molar-refractivity contribution in [2.45, 2.75) is 13.8 Å². The highest BCUT2D eigenvalue weighted by Gasteiger charge is 2.05. The molecule has 68 valence electrons. The van der Waals surface area contributed by atoms with E-state index in [4.69, 9.17) is 5.41 Å². The lowest BCUT2D eigenvalue weighted by molar-refractivity contribution is 1.46. The van der Waals surface area contributed by atoms with Gasteiger partial charge in [0.05, 0.1) is 0 Å². The fourth-order valence-electron chi connectivity index (χ4n) is 1.22. The summed E-state index contributed by atoms with van der Waals surface area (Å²) in [5.41, 5.74) is 3.40. The molecule has 0 aromatic heterocycles. The molecular weight excluding hydrogens is 273 g/mol. The van der Waals surface area contributed by atoms with Crippen LogP contribution in [-0.2, 0) is 0 Å². The summed E-state index contributed by atoms with van der Waals surface area (Å²) >= 11 is 2.30. The number of allylic oxidation sites excluding steroid dienone is 2. The van der Waals surface area contributed by atoms with Crippen LogP contribution in [0.25, 0.3) is 5.57 Å². The Kier molecular flexibility index (Phi) is 3.66. The smallest absolute Gasteiger partial charge is 0.0256 e. The molecule has 1 aromatic rings. The van der Waals surface area contributed by atoms with Crippen molar-refractivity contribution in [3.8, 4) is 0 Å². The minimum absolute atomic E-state index is 0.988. The molecule has 2 heteroatoms. The first-order valence-electron chi connectivity index (χ1n) is 4.13. The average Bonchev–Trinajstić information content (AvgIpc) is 2.16. The third-order valence-electron chi connectivity index (χ3n) is 2.03. The Balaban J connectivity index is 3.39.